The van der Waals surface area contributed by atoms with E-state index >= 15 is 0 Å². The number of halogens is 3. The van der Waals surface area contributed by atoms with Gasteiger partial charge >= 0.3 is 6.18 Å². The van der Waals surface area contributed by atoms with Gasteiger partial charge in [-0.15, -0.1) is 5.10 Å². The van der Waals surface area contributed by atoms with Crippen LogP contribution in [0.1, 0.15) is 30.8 Å². The molecule has 0 aliphatic rings. The number of hydrogen-bond acceptors (Lipinski definition) is 4. The number of hydrogen-bond donors (Lipinski definition) is 1. The Labute approximate surface area is 96.7 Å². The third-order valence-electron chi connectivity index (χ3n) is 2.38. The van der Waals surface area contributed by atoms with Gasteiger partial charge in [-0.1, -0.05) is 5.21 Å². The van der Waals surface area contributed by atoms with Crippen molar-refractivity contribution in [2.45, 2.75) is 32.1 Å². The topological polar surface area (TPSA) is 66.0 Å². The molecule has 0 saturated carbocycles. The predicted molar refractivity (Wildman–Crippen MR) is 54.1 cm³/mol. The molecule has 1 rings (SSSR count). The fraction of sp³-hybridized carbons (Fsp3) is 0.778. The second-order valence-corrected chi connectivity index (χ2v) is 3.66. The van der Waals surface area contributed by atoms with Crippen LogP contribution in [0.2, 0.25) is 0 Å². The molecule has 0 amide bonds. The van der Waals surface area contributed by atoms with E-state index in [0.717, 1.165) is 4.68 Å². The molecule has 1 aromatic heterocycles. The van der Waals surface area contributed by atoms with E-state index in [1.54, 1.807) is 6.92 Å². The highest BCUT2D eigenvalue weighted by Crippen LogP contribution is 2.32. The Bertz CT molecular complexity index is 364. The number of nitrogens with zero attached hydrogens (tertiary/aromatic N) is 3. The van der Waals surface area contributed by atoms with Crippen LogP contribution < -0.4 is 5.73 Å². The van der Waals surface area contributed by atoms with Crippen molar-refractivity contribution in [1.82, 2.24) is 15.0 Å². The third kappa shape index (κ3) is 3.16. The number of nitrogens with two attached hydrogens (primary N) is 1. The summed E-state index contributed by atoms with van der Waals surface area (Å²) >= 11 is 0. The van der Waals surface area contributed by atoms with Crippen LogP contribution in [0.15, 0.2) is 0 Å². The smallest absolute Gasteiger partial charge is 0.385 e. The van der Waals surface area contributed by atoms with Crippen molar-refractivity contribution in [2.75, 3.05) is 13.7 Å². The van der Waals surface area contributed by atoms with Gasteiger partial charge in [-0.3, -0.25) is 0 Å². The summed E-state index contributed by atoms with van der Waals surface area (Å²) < 4.78 is 44.2. The zero-order valence-electron chi connectivity index (χ0n) is 9.66. The molecule has 1 unspecified atom stereocenters. The summed E-state index contributed by atoms with van der Waals surface area (Å²) in [6.45, 7) is 1.70. The molecular formula is C9H15F3N4O. The van der Waals surface area contributed by atoms with E-state index in [2.05, 4.69) is 10.3 Å². The Morgan fingerprint density at radius 1 is 1.47 bits per heavy atom. The van der Waals surface area contributed by atoms with Crippen LogP contribution in [0.3, 0.4) is 0 Å². The monoisotopic (exact) mass is 252 g/mol. The van der Waals surface area contributed by atoms with Crippen LogP contribution in [0.4, 0.5) is 13.2 Å². The first-order valence-corrected chi connectivity index (χ1v) is 5.12. The van der Waals surface area contributed by atoms with Crippen LogP contribution in [-0.4, -0.2) is 28.7 Å². The summed E-state index contributed by atoms with van der Waals surface area (Å²) in [5.41, 5.74) is 4.11. The van der Waals surface area contributed by atoms with Crippen LogP contribution in [0.5, 0.6) is 0 Å². The standard InChI is InChI=1S/C9H15F3N4O/c1-6(3-4-17-2)16-8(9(10,11)12)7(5-13)14-15-16/h6H,3-5,13H2,1-2H3. The number of aromatic nitrogens is 3. The number of methoxy groups -OCH3 is 1. The molecule has 0 saturated heterocycles. The number of alkyl halides is 3. The lowest BCUT2D eigenvalue weighted by Gasteiger charge is -2.16. The molecule has 0 radical (unpaired) electrons. The molecule has 17 heavy (non-hydrogen) atoms. The molecule has 0 aliphatic carbocycles. The molecule has 2 N–H and O–H groups in total. The summed E-state index contributed by atoms with van der Waals surface area (Å²) in [6.07, 6.45) is -4.08. The van der Waals surface area contributed by atoms with E-state index in [-0.39, 0.29) is 12.2 Å². The minimum atomic E-state index is -4.50. The summed E-state index contributed by atoms with van der Waals surface area (Å²) in [4.78, 5) is 0. The van der Waals surface area contributed by atoms with Gasteiger partial charge in [0.2, 0.25) is 0 Å². The Hall–Kier alpha value is -1.15. The molecule has 1 aromatic rings. The normalized spacial score (nSPS) is 14.0. The van der Waals surface area contributed by atoms with Crippen molar-refractivity contribution < 1.29 is 17.9 Å². The van der Waals surface area contributed by atoms with E-state index in [9.17, 15) is 13.2 Å². The van der Waals surface area contributed by atoms with Crippen molar-refractivity contribution >= 4 is 0 Å². The second kappa shape index (κ2) is 5.46. The van der Waals surface area contributed by atoms with Crippen molar-refractivity contribution in [3.05, 3.63) is 11.4 Å². The van der Waals surface area contributed by atoms with Gasteiger partial charge in [0, 0.05) is 20.3 Å². The lowest BCUT2D eigenvalue weighted by molar-refractivity contribution is -0.145. The Kier molecular flexibility index (Phi) is 4.47. The molecule has 0 aromatic carbocycles. The zero-order valence-corrected chi connectivity index (χ0v) is 9.66. The van der Waals surface area contributed by atoms with E-state index in [1.165, 1.54) is 7.11 Å². The molecule has 1 heterocycles. The van der Waals surface area contributed by atoms with Crippen molar-refractivity contribution in [3.63, 3.8) is 0 Å². The highest BCUT2D eigenvalue weighted by Gasteiger charge is 2.39. The van der Waals surface area contributed by atoms with E-state index in [4.69, 9.17) is 10.5 Å². The van der Waals surface area contributed by atoms with E-state index in [0.29, 0.717) is 13.0 Å². The maximum absolute atomic E-state index is 12.8. The average Bonchev–Trinajstić information content (AvgIpc) is 2.69. The largest absolute Gasteiger partial charge is 0.434 e. The fourth-order valence-corrected chi connectivity index (χ4v) is 1.48. The van der Waals surface area contributed by atoms with Gasteiger partial charge < -0.3 is 10.5 Å². The average molecular weight is 252 g/mol. The molecule has 0 spiro atoms. The predicted octanol–water partition coefficient (Wildman–Crippen LogP) is 1.35. The minimum absolute atomic E-state index is 0.234. The van der Waals surface area contributed by atoms with Gasteiger partial charge in [-0.05, 0) is 13.3 Å². The Balaban J connectivity index is 3.03. The number of rotatable bonds is 5. The van der Waals surface area contributed by atoms with E-state index in [1.807, 2.05) is 0 Å². The van der Waals surface area contributed by atoms with Crippen LogP contribution in [0.25, 0.3) is 0 Å². The molecule has 0 aliphatic heterocycles. The molecular weight excluding hydrogens is 237 g/mol. The van der Waals surface area contributed by atoms with Crippen LogP contribution >= 0.6 is 0 Å². The quantitative estimate of drug-likeness (QED) is 0.859. The van der Waals surface area contributed by atoms with E-state index < -0.39 is 17.9 Å². The lowest BCUT2D eigenvalue weighted by Crippen LogP contribution is -2.21. The highest BCUT2D eigenvalue weighted by atomic mass is 19.4. The molecule has 5 nitrogen and oxygen atoms in total. The maximum atomic E-state index is 12.8. The van der Waals surface area contributed by atoms with Gasteiger partial charge in [0.15, 0.2) is 5.69 Å². The second-order valence-electron chi connectivity index (χ2n) is 3.66. The van der Waals surface area contributed by atoms with Gasteiger partial charge in [0.1, 0.15) is 5.69 Å². The molecule has 1 atom stereocenters. The zero-order chi connectivity index (χ0) is 13.1. The summed E-state index contributed by atoms with van der Waals surface area (Å²) in [5.74, 6) is 0. The maximum Gasteiger partial charge on any atom is 0.434 e. The lowest BCUT2D eigenvalue weighted by atomic mass is 10.2. The van der Waals surface area contributed by atoms with Crippen molar-refractivity contribution in [3.8, 4) is 0 Å². The van der Waals surface area contributed by atoms with Crippen LogP contribution in [0, 0.1) is 0 Å². The molecule has 0 fully saturated rings. The van der Waals surface area contributed by atoms with Gasteiger partial charge in [0.25, 0.3) is 0 Å². The highest BCUT2D eigenvalue weighted by molar-refractivity contribution is 5.14. The third-order valence-corrected chi connectivity index (χ3v) is 2.38. The SMILES string of the molecule is COCCC(C)n1nnc(CN)c1C(F)(F)F. The summed E-state index contributed by atoms with van der Waals surface area (Å²) in [7, 11) is 1.49. The van der Waals surface area contributed by atoms with Gasteiger partial charge in [0.05, 0.1) is 6.04 Å². The first kappa shape index (κ1) is 13.9. The minimum Gasteiger partial charge on any atom is -0.385 e. The van der Waals surface area contributed by atoms with Crippen LogP contribution in [-0.2, 0) is 17.5 Å². The summed E-state index contributed by atoms with van der Waals surface area (Å²) in [6, 6.07) is -0.445. The fourth-order valence-electron chi connectivity index (χ4n) is 1.48. The molecule has 98 valence electrons. The molecule has 8 heteroatoms. The summed E-state index contributed by atoms with van der Waals surface area (Å²) in [5, 5.41) is 6.97. The van der Waals surface area contributed by atoms with Gasteiger partial charge in [-0.2, -0.15) is 13.2 Å². The van der Waals surface area contributed by atoms with Crippen molar-refractivity contribution in [2.24, 2.45) is 5.73 Å². The van der Waals surface area contributed by atoms with Gasteiger partial charge in [-0.25, -0.2) is 4.68 Å². The Morgan fingerprint density at radius 3 is 2.59 bits per heavy atom. The Morgan fingerprint density at radius 2 is 2.12 bits per heavy atom. The first-order chi connectivity index (χ1) is 7.91. The first-order valence-electron chi connectivity index (χ1n) is 5.12. The molecule has 0 bridgehead atoms. The number of ether oxygens (including phenoxy) is 1. The van der Waals surface area contributed by atoms with Crippen molar-refractivity contribution in [1.29, 1.82) is 0 Å².